The Morgan fingerprint density at radius 1 is 0.909 bits per heavy atom. The highest BCUT2D eigenvalue weighted by atomic mass is 16.2. The number of benzene rings is 1. The topological polar surface area (TPSA) is 70.2 Å². The van der Waals surface area contributed by atoms with E-state index >= 15 is 0 Å². The summed E-state index contributed by atoms with van der Waals surface area (Å²) in [7, 11) is 0. The lowest BCUT2D eigenvalue weighted by molar-refractivity contribution is -0.120. The van der Waals surface area contributed by atoms with Gasteiger partial charge in [-0.1, -0.05) is 56.5 Å². The van der Waals surface area contributed by atoms with Crippen LogP contribution >= 0.6 is 0 Å². The van der Waals surface area contributed by atoms with E-state index in [0.29, 0.717) is 13.1 Å². The molecule has 5 nitrogen and oxygen atoms in total. The molecule has 5 heteroatoms. The van der Waals surface area contributed by atoms with Crippen LogP contribution in [0.1, 0.15) is 38.2 Å². The number of unbranched alkanes of at least 4 members (excludes halogenated alkanes) is 3. The van der Waals surface area contributed by atoms with Gasteiger partial charge in [0.15, 0.2) is 0 Å². The third kappa shape index (κ3) is 9.00. The second kappa shape index (κ2) is 11.6. The fraction of sp³-hybridized carbons (Fsp3) is 0.529. The van der Waals surface area contributed by atoms with Crippen LogP contribution < -0.4 is 16.0 Å². The van der Waals surface area contributed by atoms with Crippen molar-refractivity contribution in [1.82, 2.24) is 16.0 Å². The first-order chi connectivity index (χ1) is 10.7. The zero-order valence-electron chi connectivity index (χ0n) is 13.4. The number of carbonyl (C=O) groups excluding carboxylic acids is 2. The van der Waals surface area contributed by atoms with Crippen LogP contribution in [0.2, 0.25) is 0 Å². The first kappa shape index (κ1) is 18.0. The number of carbonyl (C=O) groups is 2. The molecule has 0 aliphatic heterocycles. The van der Waals surface area contributed by atoms with Crippen molar-refractivity contribution in [3.8, 4) is 0 Å². The monoisotopic (exact) mass is 305 g/mol. The Hall–Kier alpha value is -2.04. The van der Waals surface area contributed by atoms with Gasteiger partial charge in [0, 0.05) is 13.1 Å². The molecule has 22 heavy (non-hydrogen) atoms. The molecule has 3 amide bonds. The fourth-order valence-electron chi connectivity index (χ4n) is 2.03. The number of hydrogen-bond donors (Lipinski definition) is 3. The Labute approximate surface area is 132 Å². The molecule has 0 aliphatic rings. The summed E-state index contributed by atoms with van der Waals surface area (Å²) in [6.07, 6.45) is 5.25. The lowest BCUT2D eigenvalue weighted by Gasteiger charge is -2.08. The van der Waals surface area contributed by atoms with E-state index in [0.717, 1.165) is 19.3 Å². The normalized spacial score (nSPS) is 10.0. The Balaban J connectivity index is 2.01. The number of urea groups is 1. The summed E-state index contributed by atoms with van der Waals surface area (Å²) >= 11 is 0. The summed E-state index contributed by atoms with van der Waals surface area (Å²) in [6.45, 7) is 3.39. The summed E-state index contributed by atoms with van der Waals surface area (Å²) in [4.78, 5) is 23.1. The molecule has 0 heterocycles. The molecule has 0 fully saturated rings. The third-order valence-corrected chi connectivity index (χ3v) is 3.30. The van der Waals surface area contributed by atoms with Crippen LogP contribution in [0.5, 0.6) is 0 Å². The van der Waals surface area contributed by atoms with Gasteiger partial charge in [-0.3, -0.25) is 4.79 Å². The van der Waals surface area contributed by atoms with E-state index in [-0.39, 0.29) is 18.5 Å². The van der Waals surface area contributed by atoms with Gasteiger partial charge in [0.2, 0.25) is 5.91 Å². The summed E-state index contributed by atoms with van der Waals surface area (Å²) < 4.78 is 0. The van der Waals surface area contributed by atoms with Gasteiger partial charge in [-0.25, -0.2) is 4.79 Å². The fourth-order valence-corrected chi connectivity index (χ4v) is 2.03. The van der Waals surface area contributed by atoms with Gasteiger partial charge in [-0.2, -0.15) is 0 Å². The Bertz CT molecular complexity index is 435. The van der Waals surface area contributed by atoms with Gasteiger partial charge < -0.3 is 16.0 Å². The zero-order chi connectivity index (χ0) is 16.0. The molecule has 0 saturated carbocycles. The highest BCUT2D eigenvalue weighted by Gasteiger charge is 2.04. The van der Waals surface area contributed by atoms with Crippen LogP contribution in [0, 0.1) is 0 Å². The molecule has 0 aliphatic carbocycles. The molecule has 122 valence electrons. The minimum Gasteiger partial charge on any atom is -0.354 e. The summed E-state index contributed by atoms with van der Waals surface area (Å²) in [5.41, 5.74) is 1.18. The van der Waals surface area contributed by atoms with Crippen molar-refractivity contribution in [2.45, 2.75) is 39.0 Å². The van der Waals surface area contributed by atoms with Crippen molar-refractivity contribution in [1.29, 1.82) is 0 Å². The van der Waals surface area contributed by atoms with Crippen LogP contribution in [0.3, 0.4) is 0 Å². The first-order valence-corrected chi connectivity index (χ1v) is 8.04. The minimum atomic E-state index is -0.283. The molecule has 0 radical (unpaired) electrons. The summed E-state index contributed by atoms with van der Waals surface area (Å²) in [5, 5.41) is 8.10. The van der Waals surface area contributed by atoms with E-state index in [9.17, 15) is 9.59 Å². The van der Waals surface area contributed by atoms with Crippen molar-refractivity contribution in [3.05, 3.63) is 35.9 Å². The minimum absolute atomic E-state index is 0.00951. The second-order valence-corrected chi connectivity index (χ2v) is 5.26. The van der Waals surface area contributed by atoms with Gasteiger partial charge >= 0.3 is 6.03 Å². The largest absolute Gasteiger partial charge is 0.354 e. The molecule has 0 saturated heterocycles. The van der Waals surface area contributed by atoms with Crippen LogP contribution in [0.25, 0.3) is 0 Å². The molecule has 1 aromatic rings. The highest BCUT2D eigenvalue weighted by molar-refractivity contribution is 5.83. The Morgan fingerprint density at radius 3 is 2.41 bits per heavy atom. The molecule has 3 N–H and O–H groups in total. The second-order valence-electron chi connectivity index (χ2n) is 5.26. The number of hydrogen-bond acceptors (Lipinski definition) is 2. The lowest BCUT2D eigenvalue weighted by Crippen LogP contribution is -2.42. The standard InChI is InChI=1S/C17H27N3O2/c1-2-3-4-8-12-19-17(22)20-14-16(21)18-13-11-15-9-6-5-7-10-15/h5-7,9-10H,2-4,8,11-14H2,1H3,(H,18,21)(H2,19,20,22). The van der Waals surface area contributed by atoms with Gasteiger partial charge in [0.05, 0.1) is 6.54 Å². The van der Waals surface area contributed by atoms with Gasteiger partial charge in [-0.05, 0) is 18.4 Å². The van der Waals surface area contributed by atoms with Crippen LogP contribution in [0.15, 0.2) is 30.3 Å². The summed E-state index contributed by atoms with van der Waals surface area (Å²) in [6, 6.07) is 9.68. The van der Waals surface area contributed by atoms with Crippen LogP contribution in [-0.4, -0.2) is 31.6 Å². The highest BCUT2D eigenvalue weighted by Crippen LogP contribution is 1.98. The molecule has 0 bridgehead atoms. The van der Waals surface area contributed by atoms with E-state index in [1.807, 2.05) is 30.3 Å². The molecule has 0 spiro atoms. The maximum atomic E-state index is 11.6. The molecule has 1 aromatic carbocycles. The first-order valence-electron chi connectivity index (χ1n) is 8.04. The molecular weight excluding hydrogens is 278 g/mol. The number of nitrogens with one attached hydrogen (secondary N) is 3. The van der Waals surface area contributed by atoms with Crippen molar-refractivity contribution in [2.24, 2.45) is 0 Å². The smallest absolute Gasteiger partial charge is 0.315 e. The van der Waals surface area contributed by atoms with E-state index in [1.165, 1.54) is 18.4 Å². The van der Waals surface area contributed by atoms with Crippen molar-refractivity contribution in [2.75, 3.05) is 19.6 Å². The molecule has 0 aromatic heterocycles. The lowest BCUT2D eigenvalue weighted by atomic mass is 10.1. The number of rotatable bonds is 10. The predicted molar refractivity (Wildman–Crippen MR) is 88.7 cm³/mol. The molecular formula is C17H27N3O2. The maximum Gasteiger partial charge on any atom is 0.315 e. The SMILES string of the molecule is CCCCCCNC(=O)NCC(=O)NCCc1ccccc1. The predicted octanol–water partition coefficient (Wildman–Crippen LogP) is 2.22. The van der Waals surface area contributed by atoms with E-state index in [4.69, 9.17) is 0 Å². The van der Waals surface area contributed by atoms with E-state index in [1.54, 1.807) is 0 Å². The quantitative estimate of drug-likeness (QED) is 0.580. The van der Waals surface area contributed by atoms with Crippen LogP contribution in [0.4, 0.5) is 4.79 Å². The summed E-state index contributed by atoms with van der Waals surface area (Å²) in [5.74, 6) is -0.169. The van der Waals surface area contributed by atoms with E-state index in [2.05, 4.69) is 22.9 Å². The average molecular weight is 305 g/mol. The average Bonchev–Trinajstić information content (AvgIpc) is 2.54. The number of amides is 3. The van der Waals surface area contributed by atoms with Gasteiger partial charge in [0.1, 0.15) is 0 Å². The van der Waals surface area contributed by atoms with Crippen molar-refractivity contribution >= 4 is 11.9 Å². The van der Waals surface area contributed by atoms with Crippen LogP contribution in [-0.2, 0) is 11.2 Å². The van der Waals surface area contributed by atoms with Crippen molar-refractivity contribution in [3.63, 3.8) is 0 Å². The van der Waals surface area contributed by atoms with Crippen molar-refractivity contribution < 1.29 is 9.59 Å². The Morgan fingerprint density at radius 2 is 1.68 bits per heavy atom. The van der Waals surface area contributed by atoms with Gasteiger partial charge in [-0.15, -0.1) is 0 Å². The molecule has 0 unspecified atom stereocenters. The molecule has 0 atom stereocenters. The third-order valence-electron chi connectivity index (χ3n) is 3.30. The maximum absolute atomic E-state index is 11.6. The van der Waals surface area contributed by atoms with E-state index < -0.39 is 0 Å². The zero-order valence-corrected chi connectivity index (χ0v) is 13.4. The van der Waals surface area contributed by atoms with Gasteiger partial charge in [0.25, 0.3) is 0 Å². The Kier molecular flexibility index (Phi) is 9.50. The molecule has 1 rings (SSSR count).